The number of thiophene rings is 1. The lowest BCUT2D eigenvalue weighted by atomic mass is 9.97. The Hall–Kier alpha value is -1.36. The van der Waals surface area contributed by atoms with E-state index in [0.29, 0.717) is 6.42 Å². The SMILES string of the molecule is COc1ccc2ccccc2c1C(O)Cc1sccc1Br. The summed E-state index contributed by atoms with van der Waals surface area (Å²) in [5.74, 6) is 0.730. The third kappa shape index (κ3) is 2.84. The van der Waals surface area contributed by atoms with Gasteiger partial charge in [0.1, 0.15) is 5.75 Å². The van der Waals surface area contributed by atoms with Crippen molar-refractivity contribution in [2.45, 2.75) is 12.5 Å². The van der Waals surface area contributed by atoms with E-state index in [4.69, 9.17) is 4.74 Å². The molecule has 2 nitrogen and oxygen atoms in total. The van der Waals surface area contributed by atoms with E-state index in [9.17, 15) is 5.11 Å². The van der Waals surface area contributed by atoms with E-state index in [1.54, 1.807) is 18.4 Å². The minimum absolute atomic E-state index is 0.572. The maximum absolute atomic E-state index is 10.7. The molecule has 1 unspecified atom stereocenters. The molecule has 0 aliphatic heterocycles. The molecule has 0 saturated carbocycles. The lowest BCUT2D eigenvalue weighted by Crippen LogP contribution is -2.04. The molecule has 0 saturated heterocycles. The number of halogens is 1. The molecule has 0 bridgehead atoms. The van der Waals surface area contributed by atoms with Crippen LogP contribution in [0.25, 0.3) is 10.8 Å². The number of fused-ring (bicyclic) bond motifs is 1. The topological polar surface area (TPSA) is 29.5 Å². The molecule has 108 valence electrons. The summed E-state index contributed by atoms with van der Waals surface area (Å²) < 4.78 is 6.50. The fourth-order valence-electron chi connectivity index (χ4n) is 2.55. The molecule has 0 spiro atoms. The van der Waals surface area contributed by atoms with Gasteiger partial charge in [0.15, 0.2) is 0 Å². The van der Waals surface area contributed by atoms with Gasteiger partial charge in [-0.3, -0.25) is 0 Å². The Morgan fingerprint density at radius 1 is 1.19 bits per heavy atom. The molecule has 1 heterocycles. The van der Waals surface area contributed by atoms with Crippen LogP contribution in [0, 0.1) is 0 Å². The van der Waals surface area contributed by atoms with Crippen LogP contribution in [0.15, 0.2) is 52.3 Å². The molecule has 1 atom stereocenters. The normalized spacial score (nSPS) is 12.5. The minimum atomic E-state index is -0.596. The van der Waals surface area contributed by atoms with Crippen molar-refractivity contribution in [2.75, 3.05) is 7.11 Å². The second-order valence-corrected chi connectivity index (χ2v) is 6.67. The number of methoxy groups -OCH3 is 1. The standard InChI is InChI=1S/C17H15BrO2S/c1-20-15-7-6-11-4-2-3-5-12(11)17(15)14(19)10-16-13(18)8-9-21-16/h2-9,14,19H,10H2,1H3. The number of rotatable bonds is 4. The lowest BCUT2D eigenvalue weighted by molar-refractivity contribution is 0.176. The fraction of sp³-hybridized carbons (Fsp3) is 0.176. The molecule has 1 aromatic heterocycles. The number of hydrogen-bond donors (Lipinski definition) is 1. The molecule has 0 aliphatic carbocycles. The average Bonchev–Trinajstić information content (AvgIpc) is 2.91. The maximum Gasteiger partial charge on any atom is 0.125 e. The van der Waals surface area contributed by atoms with E-state index in [1.807, 2.05) is 47.8 Å². The monoisotopic (exact) mass is 362 g/mol. The van der Waals surface area contributed by atoms with Crippen LogP contribution < -0.4 is 4.74 Å². The Kier molecular flexibility index (Phi) is 4.29. The Morgan fingerprint density at radius 3 is 2.71 bits per heavy atom. The van der Waals surface area contributed by atoms with Gasteiger partial charge in [-0.2, -0.15) is 0 Å². The molecule has 3 rings (SSSR count). The first kappa shape index (κ1) is 14.6. The van der Waals surface area contributed by atoms with Crippen molar-refractivity contribution in [1.82, 2.24) is 0 Å². The zero-order valence-electron chi connectivity index (χ0n) is 11.5. The third-order valence-corrected chi connectivity index (χ3v) is 5.50. The molecule has 0 aliphatic rings. The van der Waals surface area contributed by atoms with Crippen LogP contribution >= 0.6 is 27.3 Å². The summed E-state index contributed by atoms with van der Waals surface area (Å²) in [6, 6.07) is 14.0. The summed E-state index contributed by atoms with van der Waals surface area (Å²) in [6.45, 7) is 0. The number of hydrogen-bond acceptors (Lipinski definition) is 3. The van der Waals surface area contributed by atoms with Gasteiger partial charge in [0.25, 0.3) is 0 Å². The molecular weight excluding hydrogens is 348 g/mol. The van der Waals surface area contributed by atoms with E-state index >= 15 is 0 Å². The predicted octanol–water partition coefficient (Wildman–Crippen LogP) is 4.95. The van der Waals surface area contributed by atoms with E-state index in [2.05, 4.69) is 15.9 Å². The van der Waals surface area contributed by atoms with Gasteiger partial charge in [0.2, 0.25) is 0 Å². The quantitative estimate of drug-likeness (QED) is 0.711. The second-order valence-electron chi connectivity index (χ2n) is 4.81. The molecule has 2 aromatic carbocycles. The van der Waals surface area contributed by atoms with Crippen molar-refractivity contribution in [1.29, 1.82) is 0 Å². The van der Waals surface area contributed by atoms with Crippen molar-refractivity contribution in [3.63, 3.8) is 0 Å². The smallest absolute Gasteiger partial charge is 0.125 e. The summed E-state index contributed by atoms with van der Waals surface area (Å²) in [4.78, 5) is 1.14. The van der Waals surface area contributed by atoms with Crippen LogP contribution in [0.3, 0.4) is 0 Å². The van der Waals surface area contributed by atoms with Gasteiger partial charge in [-0.05, 0) is 44.2 Å². The van der Waals surface area contributed by atoms with Crippen LogP contribution in [-0.4, -0.2) is 12.2 Å². The fourth-order valence-corrected chi connectivity index (χ4v) is 4.10. The van der Waals surface area contributed by atoms with Gasteiger partial charge in [0.05, 0.1) is 13.2 Å². The largest absolute Gasteiger partial charge is 0.496 e. The van der Waals surface area contributed by atoms with Crippen LogP contribution in [-0.2, 0) is 6.42 Å². The highest BCUT2D eigenvalue weighted by molar-refractivity contribution is 9.10. The summed E-state index contributed by atoms with van der Waals surface area (Å²) in [5.41, 5.74) is 0.857. The molecule has 0 fully saturated rings. The van der Waals surface area contributed by atoms with Gasteiger partial charge >= 0.3 is 0 Å². The minimum Gasteiger partial charge on any atom is -0.496 e. The van der Waals surface area contributed by atoms with Crippen LogP contribution in [0.5, 0.6) is 5.75 Å². The third-order valence-electron chi connectivity index (χ3n) is 3.55. The van der Waals surface area contributed by atoms with E-state index in [1.165, 1.54) is 0 Å². The highest BCUT2D eigenvalue weighted by Gasteiger charge is 2.18. The van der Waals surface area contributed by atoms with Crippen molar-refractivity contribution in [3.8, 4) is 5.75 Å². The van der Waals surface area contributed by atoms with Gasteiger partial charge < -0.3 is 9.84 Å². The van der Waals surface area contributed by atoms with Gasteiger partial charge in [-0.25, -0.2) is 0 Å². The molecule has 0 amide bonds. The summed E-state index contributed by atoms with van der Waals surface area (Å²) in [5, 5.41) is 14.9. The molecular formula is C17H15BrO2S. The maximum atomic E-state index is 10.7. The highest BCUT2D eigenvalue weighted by atomic mass is 79.9. The van der Waals surface area contributed by atoms with E-state index in [0.717, 1.165) is 31.4 Å². The Balaban J connectivity index is 2.07. The zero-order chi connectivity index (χ0) is 14.8. The molecule has 0 radical (unpaired) electrons. The zero-order valence-corrected chi connectivity index (χ0v) is 13.9. The number of benzene rings is 2. The van der Waals surface area contributed by atoms with Crippen molar-refractivity contribution in [2.24, 2.45) is 0 Å². The van der Waals surface area contributed by atoms with Gasteiger partial charge in [-0.1, -0.05) is 30.3 Å². The molecule has 1 N–H and O–H groups in total. The Morgan fingerprint density at radius 2 is 2.00 bits per heavy atom. The van der Waals surface area contributed by atoms with Crippen LogP contribution in [0.1, 0.15) is 16.5 Å². The predicted molar refractivity (Wildman–Crippen MR) is 91.2 cm³/mol. The summed E-state index contributed by atoms with van der Waals surface area (Å²) in [7, 11) is 1.64. The van der Waals surface area contributed by atoms with E-state index < -0.39 is 6.10 Å². The summed E-state index contributed by atoms with van der Waals surface area (Å²) in [6.07, 6.45) is -0.0243. The highest BCUT2D eigenvalue weighted by Crippen LogP contribution is 2.36. The van der Waals surface area contributed by atoms with Gasteiger partial charge in [-0.15, -0.1) is 11.3 Å². The van der Waals surface area contributed by atoms with Gasteiger partial charge in [0, 0.05) is 21.3 Å². The average molecular weight is 363 g/mol. The number of ether oxygens (including phenoxy) is 1. The first-order valence-corrected chi connectivity index (χ1v) is 8.33. The Bertz CT molecular complexity index is 766. The van der Waals surface area contributed by atoms with Crippen molar-refractivity contribution < 1.29 is 9.84 Å². The Labute approximate surface area is 136 Å². The molecule has 3 aromatic rings. The van der Waals surface area contributed by atoms with Crippen molar-refractivity contribution >= 4 is 38.0 Å². The second kappa shape index (κ2) is 6.18. The first-order valence-electron chi connectivity index (χ1n) is 6.66. The van der Waals surface area contributed by atoms with E-state index in [-0.39, 0.29) is 0 Å². The van der Waals surface area contributed by atoms with Crippen LogP contribution in [0.2, 0.25) is 0 Å². The molecule has 4 heteroatoms. The lowest BCUT2D eigenvalue weighted by Gasteiger charge is -2.17. The summed E-state index contributed by atoms with van der Waals surface area (Å²) >= 11 is 5.16. The first-order chi connectivity index (χ1) is 10.2. The van der Waals surface area contributed by atoms with Crippen LogP contribution in [0.4, 0.5) is 0 Å². The molecule has 21 heavy (non-hydrogen) atoms. The van der Waals surface area contributed by atoms with Crippen molar-refractivity contribution in [3.05, 3.63) is 62.8 Å². The number of aliphatic hydroxyl groups excluding tert-OH is 1. The number of aliphatic hydroxyl groups is 1.